The van der Waals surface area contributed by atoms with E-state index >= 15 is 0 Å². The summed E-state index contributed by atoms with van der Waals surface area (Å²) in [6.07, 6.45) is 1.72. The van der Waals surface area contributed by atoms with Gasteiger partial charge in [-0.3, -0.25) is 9.59 Å². The molecule has 3 aromatic rings. The molecule has 0 aromatic heterocycles. The maximum absolute atomic E-state index is 13.2. The molecule has 7 heteroatoms. The Bertz CT molecular complexity index is 1240. The second-order valence-electron chi connectivity index (χ2n) is 9.03. The Morgan fingerprint density at radius 1 is 1.09 bits per heavy atom. The number of fused-ring (bicyclic) bond motifs is 1. The van der Waals surface area contributed by atoms with Gasteiger partial charge in [-0.1, -0.05) is 54.6 Å². The number of benzene rings is 3. The first-order valence-corrected chi connectivity index (χ1v) is 11.9. The highest BCUT2D eigenvalue weighted by Gasteiger charge is 2.36. The lowest BCUT2D eigenvalue weighted by Gasteiger charge is -2.42. The zero-order valence-electron chi connectivity index (χ0n) is 19.6. The lowest BCUT2D eigenvalue weighted by Crippen LogP contribution is -2.61. The molecule has 2 unspecified atom stereocenters. The van der Waals surface area contributed by atoms with Gasteiger partial charge in [0.25, 0.3) is 0 Å². The summed E-state index contributed by atoms with van der Waals surface area (Å²) in [6.45, 7) is 0.872. The van der Waals surface area contributed by atoms with Crippen LogP contribution in [0.1, 0.15) is 24.0 Å². The van der Waals surface area contributed by atoms with Gasteiger partial charge in [-0.05, 0) is 53.3 Å². The van der Waals surface area contributed by atoms with E-state index in [2.05, 4.69) is 36.4 Å². The molecule has 0 aliphatic carbocycles. The number of halogens is 1. The molecule has 0 spiro atoms. The number of rotatable bonds is 8. The van der Waals surface area contributed by atoms with Gasteiger partial charge in [-0.25, -0.2) is 4.39 Å². The van der Waals surface area contributed by atoms with Crippen molar-refractivity contribution in [2.75, 3.05) is 19.6 Å². The van der Waals surface area contributed by atoms with Gasteiger partial charge in [0.15, 0.2) is 0 Å². The van der Waals surface area contributed by atoms with E-state index in [1.165, 1.54) is 22.4 Å². The van der Waals surface area contributed by atoms with E-state index in [-0.39, 0.29) is 43.1 Å². The van der Waals surface area contributed by atoms with Gasteiger partial charge in [-0.2, -0.15) is 5.26 Å². The molecule has 0 radical (unpaired) electrons. The summed E-state index contributed by atoms with van der Waals surface area (Å²) in [7, 11) is 0. The maximum Gasteiger partial charge on any atom is 0.242 e. The molecule has 35 heavy (non-hydrogen) atoms. The van der Waals surface area contributed by atoms with Crippen molar-refractivity contribution in [3.05, 3.63) is 83.7 Å². The third-order valence-electron chi connectivity index (χ3n) is 6.57. The Labute approximate surface area is 204 Å². The molecule has 1 aliphatic heterocycles. The van der Waals surface area contributed by atoms with Crippen molar-refractivity contribution in [3.8, 4) is 6.07 Å². The minimum Gasteiger partial charge on any atom is -0.339 e. The van der Waals surface area contributed by atoms with Crippen LogP contribution in [0.15, 0.2) is 66.7 Å². The van der Waals surface area contributed by atoms with Gasteiger partial charge in [0, 0.05) is 19.5 Å². The van der Waals surface area contributed by atoms with Crippen molar-refractivity contribution in [1.29, 1.82) is 5.26 Å². The molecule has 1 aliphatic rings. The van der Waals surface area contributed by atoms with Crippen LogP contribution in [-0.4, -0.2) is 53.3 Å². The van der Waals surface area contributed by atoms with Crippen molar-refractivity contribution < 1.29 is 14.0 Å². The van der Waals surface area contributed by atoms with Crippen molar-refractivity contribution in [3.63, 3.8) is 0 Å². The monoisotopic (exact) mass is 472 g/mol. The third kappa shape index (κ3) is 6.03. The minimum absolute atomic E-state index is 0.0518. The van der Waals surface area contributed by atoms with E-state index in [0.29, 0.717) is 25.9 Å². The number of piperazine rings is 1. The number of amides is 2. The van der Waals surface area contributed by atoms with Gasteiger partial charge in [-0.15, -0.1) is 0 Å². The lowest BCUT2D eigenvalue weighted by atomic mass is 10.0. The standard InChI is InChI=1S/C28H29FN4O2/c29-24-11-8-20(9-12-24)17-26(31)28(35)33-19-27(34)32(18-25(33)6-3-14-30)15-13-21-7-10-22-4-1-2-5-23(22)16-21/h1-2,4-5,7-12,16,25-26H,3,6,13,15,17-19,31H2. The fourth-order valence-electron chi connectivity index (χ4n) is 4.61. The van der Waals surface area contributed by atoms with E-state index < -0.39 is 6.04 Å². The predicted octanol–water partition coefficient (Wildman–Crippen LogP) is 3.43. The highest BCUT2D eigenvalue weighted by Crippen LogP contribution is 2.20. The molecule has 6 nitrogen and oxygen atoms in total. The van der Waals surface area contributed by atoms with Gasteiger partial charge >= 0.3 is 0 Å². The van der Waals surface area contributed by atoms with Crippen molar-refractivity contribution in [1.82, 2.24) is 9.80 Å². The summed E-state index contributed by atoms with van der Waals surface area (Å²) in [6, 6.07) is 21.4. The zero-order valence-corrected chi connectivity index (χ0v) is 19.6. The predicted molar refractivity (Wildman–Crippen MR) is 133 cm³/mol. The molecule has 3 aromatic carbocycles. The van der Waals surface area contributed by atoms with Crippen molar-refractivity contribution >= 4 is 22.6 Å². The Balaban J connectivity index is 1.41. The summed E-state index contributed by atoms with van der Waals surface area (Å²) < 4.78 is 13.2. The molecule has 2 N–H and O–H groups in total. The maximum atomic E-state index is 13.2. The number of nitrogens with two attached hydrogens (primary N) is 1. The summed E-state index contributed by atoms with van der Waals surface area (Å²) in [5.74, 6) is -0.795. The molecule has 180 valence electrons. The highest BCUT2D eigenvalue weighted by atomic mass is 19.1. The molecule has 1 fully saturated rings. The van der Waals surface area contributed by atoms with Crippen molar-refractivity contribution in [2.45, 2.75) is 37.8 Å². The van der Waals surface area contributed by atoms with Crippen LogP contribution in [0.25, 0.3) is 10.8 Å². The number of hydrogen-bond donors (Lipinski definition) is 1. The van der Waals surface area contributed by atoms with Crippen LogP contribution in [0.3, 0.4) is 0 Å². The minimum atomic E-state index is -0.845. The van der Waals surface area contributed by atoms with E-state index in [4.69, 9.17) is 11.0 Å². The summed E-state index contributed by atoms with van der Waals surface area (Å²) >= 11 is 0. The normalized spacial score (nSPS) is 16.8. The lowest BCUT2D eigenvalue weighted by molar-refractivity contribution is -0.150. The molecular weight excluding hydrogens is 443 g/mol. The highest BCUT2D eigenvalue weighted by molar-refractivity contribution is 5.89. The number of nitrogens with zero attached hydrogens (tertiary/aromatic N) is 3. The molecule has 0 saturated carbocycles. The molecule has 1 saturated heterocycles. The smallest absolute Gasteiger partial charge is 0.242 e. The Morgan fingerprint density at radius 2 is 1.80 bits per heavy atom. The molecule has 4 rings (SSSR count). The van der Waals surface area contributed by atoms with Crippen LogP contribution in [0.2, 0.25) is 0 Å². The molecule has 2 amide bonds. The average Bonchev–Trinajstić information content (AvgIpc) is 2.87. The molecule has 1 heterocycles. The second-order valence-corrected chi connectivity index (χ2v) is 9.03. The first-order valence-electron chi connectivity index (χ1n) is 11.9. The Morgan fingerprint density at radius 3 is 2.54 bits per heavy atom. The molecular formula is C28H29FN4O2. The number of hydrogen-bond acceptors (Lipinski definition) is 4. The van der Waals surface area contributed by atoms with E-state index in [0.717, 1.165) is 16.5 Å². The summed E-state index contributed by atoms with van der Waals surface area (Å²) in [5.41, 5.74) is 8.09. The number of carbonyl (C=O) groups excluding carboxylic acids is 2. The van der Waals surface area contributed by atoms with Crippen LogP contribution in [0.5, 0.6) is 0 Å². The summed E-state index contributed by atoms with van der Waals surface area (Å²) in [4.78, 5) is 29.4. The number of nitriles is 1. The van der Waals surface area contributed by atoms with Gasteiger partial charge in [0.1, 0.15) is 12.4 Å². The first kappa shape index (κ1) is 24.4. The topological polar surface area (TPSA) is 90.4 Å². The zero-order chi connectivity index (χ0) is 24.8. The first-order chi connectivity index (χ1) is 16.9. The molecule has 2 atom stereocenters. The fourth-order valence-corrected chi connectivity index (χ4v) is 4.61. The van der Waals surface area contributed by atoms with Crippen LogP contribution >= 0.6 is 0 Å². The van der Waals surface area contributed by atoms with Crippen LogP contribution in [0.4, 0.5) is 4.39 Å². The van der Waals surface area contributed by atoms with Crippen LogP contribution in [-0.2, 0) is 22.4 Å². The second kappa shape index (κ2) is 11.1. The van der Waals surface area contributed by atoms with E-state index in [9.17, 15) is 14.0 Å². The Hall–Kier alpha value is -3.76. The van der Waals surface area contributed by atoms with Gasteiger partial charge in [0.2, 0.25) is 11.8 Å². The van der Waals surface area contributed by atoms with Gasteiger partial charge < -0.3 is 15.5 Å². The quantitative estimate of drug-likeness (QED) is 0.544. The Kier molecular flexibility index (Phi) is 7.74. The number of carbonyl (C=O) groups is 2. The van der Waals surface area contributed by atoms with E-state index in [1.54, 1.807) is 17.0 Å². The fraction of sp³-hybridized carbons (Fsp3) is 0.321. The van der Waals surface area contributed by atoms with Gasteiger partial charge in [0.05, 0.1) is 18.2 Å². The molecule has 0 bridgehead atoms. The summed E-state index contributed by atoms with van der Waals surface area (Å²) in [5, 5.41) is 11.5. The van der Waals surface area contributed by atoms with Crippen LogP contribution in [0, 0.1) is 17.1 Å². The largest absolute Gasteiger partial charge is 0.339 e. The SMILES string of the molecule is N#CCCC1CN(CCc2ccc3ccccc3c2)C(=O)CN1C(=O)C(N)Cc1ccc(F)cc1. The third-order valence-corrected chi connectivity index (χ3v) is 6.57. The van der Waals surface area contributed by atoms with Crippen LogP contribution < -0.4 is 5.73 Å². The van der Waals surface area contributed by atoms with E-state index in [1.807, 2.05) is 12.1 Å². The average molecular weight is 473 g/mol. The van der Waals surface area contributed by atoms with Crippen molar-refractivity contribution in [2.24, 2.45) is 5.73 Å².